The zero-order valence-electron chi connectivity index (χ0n) is 39.1. The van der Waals surface area contributed by atoms with Gasteiger partial charge in [-0.1, -0.05) is 238 Å². The molecular formula is C52H98O6. The summed E-state index contributed by atoms with van der Waals surface area (Å²) in [6, 6.07) is 0. The summed E-state index contributed by atoms with van der Waals surface area (Å²) in [4.78, 5) is 37.5. The molecule has 0 radical (unpaired) electrons. The minimum absolute atomic E-state index is 0.0701. The molecule has 0 N–H and O–H groups in total. The van der Waals surface area contributed by atoms with E-state index in [1.807, 2.05) is 0 Å². The van der Waals surface area contributed by atoms with Crippen LogP contribution in [0.4, 0.5) is 0 Å². The van der Waals surface area contributed by atoms with Gasteiger partial charge >= 0.3 is 17.9 Å². The second kappa shape index (κ2) is 47.8. The summed E-state index contributed by atoms with van der Waals surface area (Å²) < 4.78 is 16.6. The summed E-state index contributed by atoms with van der Waals surface area (Å²) in [5.41, 5.74) is 0. The fourth-order valence-electron chi connectivity index (χ4n) is 7.62. The predicted molar refractivity (Wildman–Crippen MR) is 247 cm³/mol. The van der Waals surface area contributed by atoms with E-state index in [1.54, 1.807) is 0 Å². The van der Waals surface area contributed by atoms with E-state index in [2.05, 4.69) is 32.9 Å². The average Bonchev–Trinajstić information content (AvgIpc) is 3.22. The predicted octanol–water partition coefficient (Wildman–Crippen LogP) is 16.6. The lowest BCUT2D eigenvalue weighted by atomic mass is 10.0. The summed E-state index contributed by atoms with van der Waals surface area (Å²) in [7, 11) is 0. The van der Waals surface area contributed by atoms with Crippen LogP contribution in [0.25, 0.3) is 0 Å². The van der Waals surface area contributed by atoms with Crippen molar-refractivity contribution < 1.29 is 28.6 Å². The third-order valence-electron chi connectivity index (χ3n) is 11.5. The molecule has 0 aromatic rings. The van der Waals surface area contributed by atoms with Crippen molar-refractivity contribution in [3.8, 4) is 0 Å². The smallest absolute Gasteiger partial charge is 0.306 e. The quantitative estimate of drug-likeness (QED) is 0.0263. The number of ether oxygens (including phenoxy) is 3. The normalized spacial score (nSPS) is 12.0. The SMILES string of the molecule is CCC/C=C\CCCCCCCC(=O)OC(COC(=O)CCCCCCC)COC(=O)CCCCCCCCCCCCCCCCCCCCCCCCCCC. The third kappa shape index (κ3) is 45.2. The van der Waals surface area contributed by atoms with Gasteiger partial charge in [0.1, 0.15) is 13.2 Å². The molecule has 58 heavy (non-hydrogen) atoms. The van der Waals surface area contributed by atoms with E-state index in [4.69, 9.17) is 14.2 Å². The summed E-state index contributed by atoms with van der Waals surface area (Å²) >= 11 is 0. The minimum Gasteiger partial charge on any atom is -0.462 e. The van der Waals surface area contributed by atoms with Crippen molar-refractivity contribution in [2.75, 3.05) is 13.2 Å². The first kappa shape index (κ1) is 56.1. The molecule has 0 rings (SSSR count). The molecule has 0 bridgehead atoms. The van der Waals surface area contributed by atoms with E-state index in [0.717, 1.165) is 83.5 Å². The standard InChI is InChI=1S/C52H98O6/c1-4-7-10-13-15-17-19-20-21-22-23-24-25-26-27-28-29-30-31-32-33-35-36-39-42-45-51(54)57-48-49(47-56-50(53)44-41-38-12-9-6-3)58-52(55)46-43-40-37-34-18-16-14-11-8-5-2/h11,14,49H,4-10,12-13,15-48H2,1-3H3/b14-11-. The molecule has 0 saturated carbocycles. The van der Waals surface area contributed by atoms with Crippen LogP contribution in [0, 0.1) is 0 Å². The molecule has 6 heteroatoms. The summed E-state index contributed by atoms with van der Waals surface area (Å²) in [5, 5.41) is 0. The molecule has 0 fully saturated rings. The van der Waals surface area contributed by atoms with Gasteiger partial charge in [-0.05, 0) is 38.5 Å². The maximum atomic E-state index is 12.6. The fraction of sp³-hybridized carbons (Fsp3) is 0.904. The van der Waals surface area contributed by atoms with E-state index in [9.17, 15) is 14.4 Å². The lowest BCUT2D eigenvalue weighted by molar-refractivity contribution is -0.167. The van der Waals surface area contributed by atoms with Crippen LogP contribution in [0.1, 0.15) is 284 Å². The first-order valence-corrected chi connectivity index (χ1v) is 25.7. The first-order valence-electron chi connectivity index (χ1n) is 25.7. The maximum Gasteiger partial charge on any atom is 0.306 e. The highest BCUT2D eigenvalue weighted by Gasteiger charge is 2.19. The molecule has 0 aromatic heterocycles. The molecule has 0 heterocycles. The van der Waals surface area contributed by atoms with Crippen molar-refractivity contribution in [3.63, 3.8) is 0 Å². The van der Waals surface area contributed by atoms with Crippen LogP contribution in [-0.4, -0.2) is 37.2 Å². The van der Waals surface area contributed by atoms with Crippen LogP contribution in [0.3, 0.4) is 0 Å². The van der Waals surface area contributed by atoms with Crippen LogP contribution in [0.2, 0.25) is 0 Å². The van der Waals surface area contributed by atoms with Gasteiger partial charge in [0.15, 0.2) is 6.10 Å². The summed E-state index contributed by atoms with van der Waals surface area (Å²) in [5.74, 6) is -0.884. The number of unbranched alkanes of at least 4 members (excludes halogenated alkanes) is 34. The molecule has 0 amide bonds. The highest BCUT2D eigenvalue weighted by Crippen LogP contribution is 2.17. The lowest BCUT2D eigenvalue weighted by Crippen LogP contribution is -2.30. The van der Waals surface area contributed by atoms with Crippen molar-refractivity contribution in [1.29, 1.82) is 0 Å². The molecule has 0 spiro atoms. The Bertz CT molecular complexity index is 900. The van der Waals surface area contributed by atoms with E-state index in [-0.39, 0.29) is 31.1 Å². The van der Waals surface area contributed by atoms with Gasteiger partial charge in [-0.15, -0.1) is 0 Å². The van der Waals surface area contributed by atoms with Crippen molar-refractivity contribution >= 4 is 17.9 Å². The highest BCUT2D eigenvalue weighted by atomic mass is 16.6. The minimum atomic E-state index is -0.764. The van der Waals surface area contributed by atoms with Gasteiger partial charge in [0, 0.05) is 19.3 Å². The molecular weight excluding hydrogens is 721 g/mol. The zero-order chi connectivity index (χ0) is 42.3. The summed E-state index contributed by atoms with van der Waals surface area (Å²) in [6.07, 6.45) is 52.6. The van der Waals surface area contributed by atoms with Crippen molar-refractivity contribution in [1.82, 2.24) is 0 Å². The van der Waals surface area contributed by atoms with Gasteiger partial charge in [0.25, 0.3) is 0 Å². The molecule has 0 aliphatic rings. The van der Waals surface area contributed by atoms with Crippen LogP contribution in [0.15, 0.2) is 12.2 Å². The van der Waals surface area contributed by atoms with Crippen LogP contribution >= 0.6 is 0 Å². The molecule has 1 unspecified atom stereocenters. The molecule has 6 nitrogen and oxygen atoms in total. The van der Waals surface area contributed by atoms with Gasteiger partial charge in [-0.2, -0.15) is 0 Å². The number of esters is 3. The third-order valence-corrected chi connectivity index (χ3v) is 11.5. The Morgan fingerprint density at radius 3 is 0.931 bits per heavy atom. The van der Waals surface area contributed by atoms with E-state index >= 15 is 0 Å². The van der Waals surface area contributed by atoms with Gasteiger partial charge in [-0.25, -0.2) is 0 Å². The Morgan fingerprint density at radius 1 is 0.328 bits per heavy atom. The van der Waals surface area contributed by atoms with Crippen molar-refractivity contribution in [2.45, 2.75) is 290 Å². The average molecular weight is 819 g/mol. The lowest BCUT2D eigenvalue weighted by Gasteiger charge is -2.18. The Balaban J connectivity index is 3.94. The number of rotatable bonds is 47. The number of allylic oxidation sites excluding steroid dienone is 2. The van der Waals surface area contributed by atoms with E-state index in [1.165, 1.54) is 161 Å². The van der Waals surface area contributed by atoms with Gasteiger partial charge < -0.3 is 14.2 Å². The van der Waals surface area contributed by atoms with Crippen LogP contribution < -0.4 is 0 Å². The molecule has 0 aliphatic heterocycles. The van der Waals surface area contributed by atoms with Crippen LogP contribution in [-0.2, 0) is 28.6 Å². The highest BCUT2D eigenvalue weighted by molar-refractivity contribution is 5.71. The van der Waals surface area contributed by atoms with Crippen LogP contribution in [0.5, 0.6) is 0 Å². The fourth-order valence-corrected chi connectivity index (χ4v) is 7.62. The monoisotopic (exact) mass is 819 g/mol. The Hall–Kier alpha value is -1.85. The van der Waals surface area contributed by atoms with Crippen molar-refractivity contribution in [3.05, 3.63) is 12.2 Å². The van der Waals surface area contributed by atoms with Gasteiger partial charge in [0.05, 0.1) is 0 Å². The first-order chi connectivity index (χ1) is 28.5. The van der Waals surface area contributed by atoms with E-state index in [0.29, 0.717) is 19.3 Å². The van der Waals surface area contributed by atoms with E-state index < -0.39 is 6.10 Å². The van der Waals surface area contributed by atoms with Gasteiger partial charge in [0.2, 0.25) is 0 Å². The van der Waals surface area contributed by atoms with Crippen molar-refractivity contribution in [2.24, 2.45) is 0 Å². The molecule has 342 valence electrons. The largest absolute Gasteiger partial charge is 0.462 e. The Kier molecular flexibility index (Phi) is 46.3. The maximum absolute atomic E-state index is 12.6. The summed E-state index contributed by atoms with van der Waals surface area (Å²) in [6.45, 7) is 6.51. The molecule has 1 atom stereocenters. The molecule has 0 aromatic carbocycles. The number of carbonyl (C=O) groups is 3. The second-order valence-corrected chi connectivity index (χ2v) is 17.4. The Labute approximate surface area is 360 Å². The van der Waals surface area contributed by atoms with Gasteiger partial charge in [-0.3, -0.25) is 14.4 Å². The number of hydrogen-bond donors (Lipinski definition) is 0. The Morgan fingerprint density at radius 2 is 0.603 bits per heavy atom. The number of carbonyl (C=O) groups excluding carboxylic acids is 3. The second-order valence-electron chi connectivity index (χ2n) is 17.4. The topological polar surface area (TPSA) is 78.9 Å². The zero-order valence-corrected chi connectivity index (χ0v) is 39.1. The molecule has 0 saturated heterocycles. The molecule has 0 aliphatic carbocycles. The number of hydrogen-bond acceptors (Lipinski definition) is 6.